The number of fused-ring (bicyclic) bond motifs is 1. The Bertz CT molecular complexity index is 1060. The van der Waals surface area contributed by atoms with E-state index in [4.69, 9.17) is 11.6 Å². The molecule has 160 valence electrons. The lowest BCUT2D eigenvalue weighted by molar-refractivity contribution is 0.0594. The lowest BCUT2D eigenvalue weighted by Crippen LogP contribution is -2.48. The molecule has 0 atom stereocenters. The van der Waals surface area contributed by atoms with Crippen molar-refractivity contribution < 1.29 is 4.79 Å². The predicted octanol–water partition coefficient (Wildman–Crippen LogP) is 5.05. The van der Waals surface area contributed by atoms with Crippen LogP contribution in [0.2, 0.25) is 5.02 Å². The van der Waals surface area contributed by atoms with E-state index in [1.807, 2.05) is 34.5 Å². The first-order chi connectivity index (χ1) is 15.2. The smallest absolute Gasteiger partial charge is 0.273 e. The Morgan fingerprint density at radius 3 is 2.55 bits per heavy atom. The van der Waals surface area contributed by atoms with E-state index in [1.165, 1.54) is 11.1 Å². The lowest BCUT2D eigenvalue weighted by Gasteiger charge is -2.40. The number of amides is 1. The Morgan fingerprint density at radius 2 is 1.77 bits per heavy atom. The molecule has 0 saturated carbocycles. The third kappa shape index (κ3) is 4.69. The van der Waals surface area contributed by atoms with Gasteiger partial charge >= 0.3 is 0 Å². The van der Waals surface area contributed by atoms with Crippen LogP contribution in [0.25, 0.3) is 0 Å². The fourth-order valence-electron chi connectivity index (χ4n) is 4.69. The molecule has 0 bridgehead atoms. The second kappa shape index (κ2) is 9.11. The van der Waals surface area contributed by atoms with Crippen molar-refractivity contribution in [3.63, 3.8) is 0 Å². The molecule has 31 heavy (non-hydrogen) atoms. The number of hydrogen-bond acceptors (Lipinski definition) is 4. The Labute approximate surface area is 192 Å². The Morgan fingerprint density at radius 1 is 1.03 bits per heavy atom. The molecule has 2 aliphatic rings. The molecule has 1 fully saturated rings. The van der Waals surface area contributed by atoms with Crippen molar-refractivity contribution in [2.45, 2.75) is 38.3 Å². The molecule has 0 spiro atoms. The number of hydrogen-bond donors (Lipinski definition) is 0. The monoisotopic (exact) mass is 451 g/mol. The summed E-state index contributed by atoms with van der Waals surface area (Å²) in [5.41, 5.74) is 4.69. The number of aromatic nitrogens is 1. The molecular weight excluding hydrogens is 426 g/mol. The largest absolute Gasteiger partial charge is 0.337 e. The lowest BCUT2D eigenvalue weighted by atomic mass is 9.95. The molecule has 1 aromatic heterocycles. The standard InChI is InChI=1S/C25H26ClN3OS/c26-21-7-5-18(6-8-21)15-24-27-23(17-31-24)25(30)28-13-10-22(11-14-28)29-12-9-19-3-1-2-4-20(19)16-29/h1-8,17,22H,9-16H2. The number of rotatable bonds is 4. The zero-order valence-electron chi connectivity index (χ0n) is 17.5. The van der Waals surface area contributed by atoms with Crippen LogP contribution in [0, 0.1) is 0 Å². The first-order valence-corrected chi connectivity index (χ1v) is 12.2. The number of nitrogens with zero attached hydrogens (tertiary/aromatic N) is 3. The highest BCUT2D eigenvalue weighted by atomic mass is 35.5. The van der Waals surface area contributed by atoms with Crippen LogP contribution in [0.5, 0.6) is 0 Å². The van der Waals surface area contributed by atoms with Crippen LogP contribution in [-0.2, 0) is 19.4 Å². The van der Waals surface area contributed by atoms with E-state index in [9.17, 15) is 4.79 Å². The first-order valence-electron chi connectivity index (χ1n) is 10.9. The van der Waals surface area contributed by atoms with Crippen LogP contribution in [0.15, 0.2) is 53.9 Å². The summed E-state index contributed by atoms with van der Waals surface area (Å²) >= 11 is 7.52. The Balaban J connectivity index is 1.16. The van der Waals surface area contributed by atoms with Crippen molar-refractivity contribution in [1.29, 1.82) is 0 Å². The predicted molar refractivity (Wildman–Crippen MR) is 126 cm³/mol. The van der Waals surface area contributed by atoms with Gasteiger partial charge in [-0.25, -0.2) is 4.98 Å². The van der Waals surface area contributed by atoms with E-state index in [0.717, 1.165) is 67.5 Å². The van der Waals surface area contributed by atoms with Crippen LogP contribution in [0.1, 0.15) is 45.0 Å². The normalized spacial score (nSPS) is 17.5. The summed E-state index contributed by atoms with van der Waals surface area (Å²) in [4.78, 5) is 22.2. The van der Waals surface area contributed by atoms with Gasteiger partial charge in [0, 0.05) is 49.0 Å². The van der Waals surface area contributed by atoms with Gasteiger partial charge in [0.1, 0.15) is 5.69 Å². The number of halogens is 1. The molecule has 1 amide bonds. The van der Waals surface area contributed by atoms with Crippen LogP contribution in [0.3, 0.4) is 0 Å². The summed E-state index contributed by atoms with van der Waals surface area (Å²) in [5, 5.41) is 3.60. The SMILES string of the molecule is O=C(c1csc(Cc2ccc(Cl)cc2)n1)N1CCC(N2CCc3ccccc3C2)CC1. The van der Waals surface area contributed by atoms with Gasteiger partial charge in [-0.05, 0) is 48.1 Å². The van der Waals surface area contributed by atoms with Gasteiger partial charge in [0.05, 0.1) is 5.01 Å². The highest BCUT2D eigenvalue weighted by Gasteiger charge is 2.30. The van der Waals surface area contributed by atoms with Gasteiger partial charge in [0.25, 0.3) is 5.91 Å². The number of piperidine rings is 1. The van der Waals surface area contributed by atoms with E-state index < -0.39 is 0 Å². The van der Waals surface area contributed by atoms with Gasteiger partial charge < -0.3 is 4.90 Å². The van der Waals surface area contributed by atoms with Gasteiger partial charge in [-0.15, -0.1) is 11.3 Å². The van der Waals surface area contributed by atoms with Gasteiger partial charge in [-0.3, -0.25) is 9.69 Å². The van der Waals surface area contributed by atoms with E-state index in [2.05, 4.69) is 34.1 Å². The van der Waals surface area contributed by atoms with Gasteiger partial charge in [-0.1, -0.05) is 48.0 Å². The molecule has 3 aromatic rings. The maximum absolute atomic E-state index is 13.0. The van der Waals surface area contributed by atoms with Crippen molar-refractivity contribution in [3.05, 3.63) is 86.3 Å². The Hall–Kier alpha value is -2.21. The molecule has 4 nitrogen and oxygen atoms in total. The second-order valence-electron chi connectivity index (χ2n) is 8.44. The first kappa shape index (κ1) is 20.7. The van der Waals surface area contributed by atoms with Crippen LogP contribution < -0.4 is 0 Å². The minimum absolute atomic E-state index is 0.0704. The molecular formula is C25H26ClN3OS. The van der Waals surface area contributed by atoms with Crippen LogP contribution in [-0.4, -0.2) is 46.4 Å². The number of benzene rings is 2. The highest BCUT2D eigenvalue weighted by molar-refractivity contribution is 7.09. The number of thiazole rings is 1. The van der Waals surface area contributed by atoms with Gasteiger partial charge in [0.15, 0.2) is 0 Å². The summed E-state index contributed by atoms with van der Waals surface area (Å²) in [6, 6.07) is 17.1. The summed E-state index contributed by atoms with van der Waals surface area (Å²) in [7, 11) is 0. The number of likely N-dealkylation sites (tertiary alicyclic amines) is 1. The molecule has 2 aliphatic heterocycles. The Kier molecular flexibility index (Phi) is 6.08. The average Bonchev–Trinajstić information content (AvgIpc) is 3.28. The topological polar surface area (TPSA) is 36.4 Å². The van der Waals surface area contributed by atoms with Crippen LogP contribution >= 0.6 is 22.9 Å². The molecule has 5 rings (SSSR count). The maximum Gasteiger partial charge on any atom is 0.273 e. The summed E-state index contributed by atoms with van der Waals surface area (Å²) in [6.45, 7) is 3.78. The molecule has 0 aliphatic carbocycles. The van der Waals surface area contributed by atoms with Crippen molar-refractivity contribution in [2.75, 3.05) is 19.6 Å². The van der Waals surface area contributed by atoms with Gasteiger partial charge in [-0.2, -0.15) is 0 Å². The maximum atomic E-state index is 13.0. The minimum atomic E-state index is 0.0704. The molecule has 2 aromatic carbocycles. The van der Waals surface area contributed by atoms with Crippen molar-refractivity contribution >= 4 is 28.8 Å². The average molecular weight is 452 g/mol. The minimum Gasteiger partial charge on any atom is -0.337 e. The van der Waals surface area contributed by atoms with E-state index in [-0.39, 0.29) is 5.91 Å². The highest BCUT2D eigenvalue weighted by Crippen LogP contribution is 2.26. The number of carbonyl (C=O) groups is 1. The zero-order valence-corrected chi connectivity index (χ0v) is 19.0. The van der Waals surface area contributed by atoms with Crippen molar-refractivity contribution in [1.82, 2.24) is 14.8 Å². The molecule has 6 heteroatoms. The van der Waals surface area contributed by atoms with Crippen molar-refractivity contribution in [2.24, 2.45) is 0 Å². The summed E-state index contributed by atoms with van der Waals surface area (Å²) < 4.78 is 0. The zero-order chi connectivity index (χ0) is 21.2. The fraction of sp³-hybridized carbons (Fsp3) is 0.360. The fourth-order valence-corrected chi connectivity index (χ4v) is 5.62. The molecule has 1 saturated heterocycles. The third-order valence-electron chi connectivity index (χ3n) is 6.47. The molecule has 0 unspecified atom stereocenters. The number of carbonyl (C=O) groups excluding carboxylic acids is 1. The van der Waals surface area contributed by atoms with E-state index >= 15 is 0 Å². The molecule has 3 heterocycles. The quantitative estimate of drug-likeness (QED) is 0.557. The van der Waals surface area contributed by atoms with E-state index in [1.54, 1.807) is 11.3 Å². The van der Waals surface area contributed by atoms with Crippen LogP contribution in [0.4, 0.5) is 0 Å². The van der Waals surface area contributed by atoms with Crippen molar-refractivity contribution in [3.8, 4) is 0 Å². The van der Waals surface area contributed by atoms with E-state index in [0.29, 0.717) is 11.7 Å². The van der Waals surface area contributed by atoms with Gasteiger partial charge in [0.2, 0.25) is 0 Å². The molecule has 0 radical (unpaired) electrons. The molecule has 0 N–H and O–H groups in total. The second-order valence-corrected chi connectivity index (χ2v) is 9.82. The summed E-state index contributed by atoms with van der Waals surface area (Å²) in [6.07, 6.45) is 3.93. The third-order valence-corrected chi connectivity index (χ3v) is 7.57. The summed E-state index contributed by atoms with van der Waals surface area (Å²) in [5.74, 6) is 0.0704.